The Bertz CT molecular complexity index is 705. The number of nitrogens with two attached hydrogens (primary N) is 4. The third kappa shape index (κ3) is 33.4. The minimum absolute atomic E-state index is 0.157. The van der Waals surface area contributed by atoms with Crippen LogP contribution >= 0.6 is 7.60 Å². The average Bonchev–Trinajstić information content (AvgIpc) is 2.87. The highest BCUT2D eigenvalue weighted by Crippen LogP contribution is 2.20. The van der Waals surface area contributed by atoms with Crippen LogP contribution in [0.3, 0.4) is 0 Å². The fraction of sp³-hybridized carbons (Fsp3) is 0.714. The summed E-state index contributed by atoms with van der Waals surface area (Å²) < 4.78 is 10.3. The smallest absolute Gasteiger partial charge is 0.314 e. The highest BCUT2D eigenvalue weighted by molar-refractivity contribution is 7.78. The molecule has 10 heteroatoms. The predicted molar refractivity (Wildman–Crippen MR) is 170 cm³/mol. The largest absolute Gasteiger partial charge is 0.807 e. The first kappa shape index (κ1) is 39.5. The highest BCUT2D eigenvalue weighted by atomic mass is 32.1. The Morgan fingerprint density at radius 2 is 0.921 bits per heavy atom. The lowest BCUT2D eigenvalue weighted by Gasteiger charge is -2.29. The van der Waals surface area contributed by atoms with Gasteiger partial charge in [0.15, 0.2) is 11.5 Å². The predicted octanol–water partition coefficient (Wildman–Crippen LogP) is 3.65. The van der Waals surface area contributed by atoms with Crippen LogP contribution in [0.5, 0.6) is 0 Å². The van der Waals surface area contributed by atoms with Crippen molar-refractivity contribution >= 4 is 45.8 Å². The van der Waals surface area contributed by atoms with Gasteiger partial charge in [0.25, 0.3) is 0 Å². The average molecular weight is 591 g/mol. The summed E-state index contributed by atoms with van der Waals surface area (Å²) in [7, 11) is -4.52. The molecule has 0 saturated heterocycles. The molecule has 222 valence electrons. The molecule has 0 aromatic heterocycles. The summed E-state index contributed by atoms with van der Waals surface area (Å²) in [6, 6.07) is 7.23. The summed E-state index contributed by atoms with van der Waals surface area (Å²) in [4.78, 5) is 20.6. The zero-order chi connectivity index (χ0) is 28.9. The highest BCUT2D eigenvalue weighted by Gasteiger charge is 1.99. The number of hydrogen-bond acceptors (Lipinski definition) is 3. The van der Waals surface area contributed by atoms with Crippen molar-refractivity contribution in [2.45, 2.75) is 117 Å². The van der Waals surface area contributed by atoms with Gasteiger partial charge in [-0.1, -0.05) is 121 Å². The quantitative estimate of drug-likeness (QED) is 0.0825. The maximum atomic E-state index is 10.3. The van der Waals surface area contributed by atoms with Crippen LogP contribution in [0, 0.1) is 0 Å². The third-order valence-corrected chi connectivity index (χ3v) is 8.19. The molecule has 0 saturated carbocycles. The van der Waals surface area contributed by atoms with E-state index in [1.54, 1.807) is 28.8 Å². The molecule has 0 aliphatic carbocycles. The van der Waals surface area contributed by atoms with Gasteiger partial charge in [0.2, 0.25) is 22.7 Å². The van der Waals surface area contributed by atoms with Crippen LogP contribution < -0.4 is 38.0 Å². The molecule has 0 atom stereocenters. The molecule has 7 nitrogen and oxygen atoms in total. The Labute approximate surface area is 241 Å². The number of hydrogen-bond donors (Lipinski definition) is 4. The van der Waals surface area contributed by atoms with Crippen LogP contribution in [0.25, 0.3) is 0 Å². The van der Waals surface area contributed by atoms with Gasteiger partial charge in [-0.15, -0.1) is 0 Å². The first-order chi connectivity index (χ1) is 18.1. The molecule has 1 aromatic rings. The van der Waals surface area contributed by atoms with Gasteiger partial charge in [-0.05, 0) is 25.7 Å². The van der Waals surface area contributed by atoms with E-state index in [4.69, 9.17) is 22.9 Å². The van der Waals surface area contributed by atoms with E-state index in [9.17, 15) is 14.4 Å². The van der Waals surface area contributed by atoms with E-state index in [2.05, 4.69) is 13.8 Å². The lowest BCUT2D eigenvalue weighted by Crippen LogP contribution is -2.24. The van der Waals surface area contributed by atoms with E-state index in [0.29, 0.717) is 10.2 Å². The van der Waals surface area contributed by atoms with Crippen molar-refractivity contribution in [3.63, 3.8) is 0 Å². The molecular weight excluding hydrogens is 535 g/mol. The molecule has 0 spiro atoms. The first-order valence-electron chi connectivity index (χ1n) is 14.2. The summed E-state index contributed by atoms with van der Waals surface area (Å²) >= 11 is 3.15. The van der Waals surface area contributed by atoms with Crippen LogP contribution in [0.1, 0.15) is 117 Å². The van der Waals surface area contributed by atoms with Crippen molar-refractivity contribution in [2.75, 3.05) is 11.5 Å². The monoisotopic (exact) mass is 590 g/mol. The van der Waals surface area contributed by atoms with Gasteiger partial charge >= 0.3 is 10.2 Å². The summed E-state index contributed by atoms with van der Waals surface area (Å²) in [6.07, 6.45) is 21.8. The minimum atomic E-state index is -4.52. The SMILES string of the molecule is CCCCCCCCCC[S+]=C(N)N.CCCCCCCCCC[S+]=C(N)N.O=P([O-])([O-])c1ccccc1. The normalized spacial score (nSPS) is 10.5. The molecule has 0 bridgehead atoms. The van der Waals surface area contributed by atoms with Crippen molar-refractivity contribution in [3.8, 4) is 0 Å². The molecular formula is C28H55N4O3PS2. The zero-order valence-electron chi connectivity index (χ0n) is 23.9. The minimum Gasteiger partial charge on any atom is -0.807 e. The van der Waals surface area contributed by atoms with E-state index in [-0.39, 0.29) is 5.30 Å². The molecule has 0 heterocycles. The number of rotatable bonds is 19. The molecule has 1 rings (SSSR count). The standard InChI is InChI=1S/2C11H25N2S.C6H7O3P/c2*1-2-3-4-5-6-7-8-9-10-14-11(12)13;7-10(8,9)6-4-2-1-3-5-6/h2*2-10,12-13H2,1H3;1-5H,(H2,7,8,9)/q2*+1;/p-2. The van der Waals surface area contributed by atoms with E-state index in [1.807, 2.05) is 0 Å². The molecule has 0 radical (unpaired) electrons. The Morgan fingerprint density at radius 1 is 0.605 bits per heavy atom. The van der Waals surface area contributed by atoms with Crippen molar-refractivity contribution in [1.82, 2.24) is 0 Å². The second-order valence-electron chi connectivity index (χ2n) is 9.28. The lowest BCUT2D eigenvalue weighted by atomic mass is 10.1. The van der Waals surface area contributed by atoms with Crippen molar-refractivity contribution in [3.05, 3.63) is 30.3 Å². The van der Waals surface area contributed by atoms with Gasteiger partial charge in [-0.2, -0.15) is 0 Å². The van der Waals surface area contributed by atoms with Crippen LogP contribution in [0.4, 0.5) is 0 Å². The van der Waals surface area contributed by atoms with Gasteiger partial charge in [0.1, 0.15) is 0 Å². The van der Waals surface area contributed by atoms with Crippen molar-refractivity contribution < 1.29 is 14.4 Å². The fourth-order valence-electron chi connectivity index (χ4n) is 3.46. The van der Waals surface area contributed by atoms with Gasteiger partial charge in [-0.25, -0.2) is 22.9 Å². The van der Waals surface area contributed by atoms with E-state index < -0.39 is 7.60 Å². The maximum Gasteiger partial charge on any atom is 0.314 e. The molecule has 0 unspecified atom stereocenters. The third-order valence-electron chi connectivity index (χ3n) is 5.61. The van der Waals surface area contributed by atoms with Gasteiger partial charge < -0.3 is 14.4 Å². The zero-order valence-corrected chi connectivity index (χ0v) is 26.4. The Hall–Kier alpha value is -0.610. The Balaban J connectivity index is 0. The van der Waals surface area contributed by atoms with Crippen LogP contribution in [0.15, 0.2) is 30.3 Å². The van der Waals surface area contributed by atoms with Crippen molar-refractivity contribution in [1.29, 1.82) is 0 Å². The van der Waals surface area contributed by atoms with Crippen LogP contribution in [-0.2, 0) is 27.3 Å². The van der Waals surface area contributed by atoms with Gasteiger partial charge in [0.05, 0.1) is 0 Å². The van der Waals surface area contributed by atoms with Crippen LogP contribution in [-0.4, -0.2) is 21.7 Å². The summed E-state index contributed by atoms with van der Waals surface area (Å²) in [5, 5.41) is 0.857. The summed E-state index contributed by atoms with van der Waals surface area (Å²) in [6.45, 7) is 4.51. The second kappa shape index (κ2) is 29.4. The molecule has 1 aromatic carbocycles. The summed E-state index contributed by atoms with van der Waals surface area (Å²) in [5.41, 5.74) is 21.4. The molecule has 0 fully saturated rings. The Kier molecular flexibility index (Phi) is 30.6. The topological polar surface area (TPSA) is 167 Å². The lowest BCUT2D eigenvalue weighted by molar-refractivity contribution is -0.307. The van der Waals surface area contributed by atoms with Gasteiger partial charge in [0, 0.05) is 12.8 Å². The molecule has 38 heavy (non-hydrogen) atoms. The number of benzene rings is 1. The second-order valence-corrected chi connectivity index (χ2v) is 13.1. The van der Waals surface area contributed by atoms with Crippen LogP contribution in [0.2, 0.25) is 0 Å². The van der Waals surface area contributed by atoms with E-state index in [1.165, 1.54) is 127 Å². The van der Waals surface area contributed by atoms with E-state index >= 15 is 0 Å². The van der Waals surface area contributed by atoms with E-state index in [0.717, 1.165) is 11.5 Å². The molecule has 0 aliphatic heterocycles. The van der Waals surface area contributed by atoms with Gasteiger partial charge in [-0.3, -0.25) is 0 Å². The number of unbranched alkanes of at least 4 members (excludes halogenated alkanes) is 14. The molecule has 8 N–H and O–H groups in total. The van der Waals surface area contributed by atoms with Crippen molar-refractivity contribution in [2.24, 2.45) is 22.9 Å². The maximum absolute atomic E-state index is 10.3. The first-order valence-corrected chi connectivity index (χ1v) is 17.8. The Morgan fingerprint density at radius 3 is 1.18 bits per heavy atom. The fourth-order valence-corrected chi connectivity index (χ4v) is 5.17. The summed E-state index contributed by atoms with van der Waals surface area (Å²) in [5.74, 6) is 2.16. The molecule has 0 amide bonds. The molecule has 0 aliphatic rings.